The maximum Gasteiger partial charge on any atom is 0.232 e. The molecule has 3 aliphatic heterocycles. The van der Waals surface area contributed by atoms with Gasteiger partial charge in [-0.15, -0.1) is 0 Å². The van der Waals surface area contributed by atoms with Crippen LogP contribution in [-0.2, 0) is 4.79 Å². The van der Waals surface area contributed by atoms with Crippen LogP contribution in [0.1, 0.15) is 81.5 Å². The number of rotatable bonds is 6. The average molecular weight is 543 g/mol. The molecule has 4 atom stereocenters. The number of ether oxygens (including phenoxy) is 2. The number of carbonyl (C=O) groups excluding carboxylic acids is 1. The summed E-state index contributed by atoms with van der Waals surface area (Å²) in [5.74, 6) is 1.22. The molecule has 1 fully saturated rings. The van der Waals surface area contributed by atoms with E-state index >= 15 is 0 Å². The van der Waals surface area contributed by atoms with Gasteiger partial charge in [0, 0.05) is 28.1 Å². The minimum absolute atomic E-state index is 0.0509. The molecule has 5 N–H and O–H groups in total. The van der Waals surface area contributed by atoms with Gasteiger partial charge in [0.15, 0.2) is 5.96 Å². The van der Waals surface area contributed by atoms with Gasteiger partial charge in [0.05, 0.1) is 25.1 Å². The van der Waals surface area contributed by atoms with Gasteiger partial charge in [-0.2, -0.15) is 0 Å². The maximum atomic E-state index is 13.3. The number of nitrogens with one attached hydrogen (secondary N) is 3. The van der Waals surface area contributed by atoms with Crippen molar-refractivity contribution in [3.05, 3.63) is 58.1 Å². The number of carbonyl (C=O) groups is 1. The van der Waals surface area contributed by atoms with E-state index in [1.54, 1.807) is 37.3 Å². The molecule has 2 aromatic rings. The largest absolute Gasteiger partial charge is 0.493 e. The van der Waals surface area contributed by atoms with E-state index in [2.05, 4.69) is 10.6 Å². The number of guanidine groups is 1. The van der Waals surface area contributed by atoms with Crippen molar-refractivity contribution >= 4 is 23.5 Å². The molecule has 0 radical (unpaired) electrons. The second-order valence-electron chi connectivity index (χ2n) is 10.7. The Morgan fingerprint density at radius 3 is 2.61 bits per heavy atom. The molecule has 1 saturated heterocycles. The number of halogens is 1. The Morgan fingerprint density at radius 2 is 1.89 bits per heavy atom. The fraction of sp³-hybridized carbons (Fsp3) is 0.500. The van der Waals surface area contributed by atoms with E-state index in [4.69, 9.17) is 26.5 Å². The number of hydrogen-bond donors (Lipinski definition) is 5. The summed E-state index contributed by atoms with van der Waals surface area (Å²) >= 11 is 6.22. The third-order valence-electron chi connectivity index (χ3n) is 8.15. The predicted molar refractivity (Wildman–Crippen MR) is 143 cm³/mol. The van der Waals surface area contributed by atoms with E-state index in [0.717, 1.165) is 18.4 Å². The summed E-state index contributed by atoms with van der Waals surface area (Å²) in [6.07, 6.45) is 1.21. The Balaban J connectivity index is 1.43. The second-order valence-corrected chi connectivity index (χ2v) is 11.1. The fourth-order valence-electron chi connectivity index (χ4n) is 5.74. The quantitative estimate of drug-likeness (QED) is 0.350. The number of aliphatic hydroxyl groups is 2. The molecule has 2 aromatic carbocycles. The zero-order valence-electron chi connectivity index (χ0n) is 21.9. The molecular formula is C28H35ClN4O5. The molecule has 38 heavy (non-hydrogen) atoms. The number of amides is 1. The summed E-state index contributed by atoms with van der Waals surface area (Å²) in [5, 5.41) is 38.0. The van der Waals surface area contributed by atoms with Crippen LogP contribution in [0, 0.1) is 5.41 Å². The fourth-order valence-corrected chi connectivity index (χ4v) is 5.92. The van der Waals surface area contributed by atoms with Gasteiger partial charge < -0.3 is 25.0 Å². The Kier molecular flexibility index (Phi) is 7.06. The van der Waals surface area contributed by atoms with Crippen molar-refractivity contribution in [3.63, 3.8) is 0 Å². The summed E-state index contributed by atoms with van der Waals surface area (Å²) in [4.78, 5) is 14.9. The Labute approximate surface area is 227 Å². The van der Waals surface area contributed by atoms with Gasteiger partial charge in [-0.25, -0.2) is 0 Å². The van der Waals surface area contributed by atoms with Crippen molar-refractivity contribution in [2.75, 3.05) is 13.2 Å². The lowest BCUT2D eigenvalue weighted by Crippen LogP contribution is -2.62. The molecule has 1 amide bonds. The molecule has 0 aliphatic carbocycles. The van der Waals surface area contributed by atoms with Crippen LogP contribution < -0.4 is 20.1 Å². The van der Waals surface area contributed by atoms with Crippen molar-refractivity contribution < 1.29 is 24.5 Å². The molecule has 0 aromatic heterocycles. The van der Waals surface area contributed by atoms with Gasteiger partial charge in [-0.3, -0.25) is 20.4 Å². The molecule has 3 aliphatic rings. The predicted octanol–water partition coefficient (Wildman–Crippen LogP) is 3.94. The van der Waals surface area contributed by atoms with Gasteiger partial charge >= 0.3 is 0 Å². The van der Waals surface area contributed by atoms with Crippen molar-refractivity contribution in [1.29, 1.82) is 5.41 Å². The van der Waals surface area contributed by atoms with Crippen LogP contribution in [0.15, 0.2) is 36.4 Å². The summed E-state index contributed by atoms with van der Waals surface area (Å²) < 4.78 is 11.6. The zero-order chi connectivity index (χ0) is 27.2. The zero-order valence-corrected chi connectivity index (χ0v) is 22.6. The van der Waals surface area contributed by atoms with Crippen LogP contribution in [0.4, 0.5) is 0 Å². The minimum Gasteiger partial charge on any atom is -0.493 e. The third-order valence-corrected chi connectivity index (χ3v) is 8.39. The second kappa shape index (κ2) is 10.0. The maximum absolute atomic E-state index is 13.3. The third kappa shape index (κ3) is 4.73. The van der Waals surface area contributed by atoms with Gasteiger partial charge in [0.1, 0.15) is 29.9 Å². The molecule has 9 nitrogen and oxygen atoms in total. The number of fused-ring (bicyclic) bond motifs is 2. The van der Waals surface area contributed by atoms with E-state index in [-0.39, 0.29) is 18.5 Å². The first-order valence-electron chi connectivity index (χ1n) is 13.1. The summed E-state index contributed by atoms with van der Waals surface area (Å²) in [6.45, 7) is 6.17. The van der Waals surface area contributed by atoms with Gasteiger partial charge in [-0.05, 0) is 55.7 Å². The Bertz CT molecular complexity index is 1230. The monoisotopic (exact) mass is 542 g/mol. The van der Waals surface area contributed by atoms with Gasteiger partial charge in [-0.1, -0.05) is 31.5 Å². The topological polar surface area (TPSA) is 127 Å². The highest BCUT2D eigenvalue weighted by molar-refractivity contribution is 6.30. The van der Waals surface area contributed by atoms with Crippen LogP contribution in [0.25, 0.3) is 0 Å². The lowest BCUT2D eigenvalue weighted by molar-refractivity contribution is -0.133. The van der Waals surface area contributed by atoms with Crippen LogP contribution in [0.3, 0.4) is 0 Å². The lowest BCUT2D eigenvalue weighted by Gasteiger charge is -2.45. The first-order valence-corrected chi connectivity index (χ1v) is 13.5. The highest BCUT2D eigenvalue weighted by atomic mass is 35.5. The smallest absolute Gasteiger partial charge is 0.232 e. The number of nitrogens with zero attached hydrogens (tertiary/aromatic N) is 1. The van der Waals surface area contributed by atoms with E-state index in [0.29, 0.717) is 47.1 Å². The van der Waals surface area contributed by atoms with Crippen molar-refractivity contribution in [3.8, 4) is 11.5 Å². The number of aliphatic hydroxyl groups excluding tert-OH is 1. The normalized spacial score (nSPS) is 26.9. The van der Waals surface area contributed by atoms with Crippen molar-refractivity contribution in [2.45, 2.75) is 75.9 Å². The van der Waals surface area contributed by atoms with Gasteiger partial charge in [0.2, 0.25) is 5.91 Å². The van der Waals surface area contributed by atoms with E-state index in [1.807, 2.05) is 19.9 Å². The van der Waals surface area contributed by atoms with E-state index in [1.165, 1.54) is 4.90 Å². The standard InChI is InChI=1S/C28H35ClN4O5/c1-4-28(5-2)14-23(34)33(26(30)32-28)20-10-11-37-21-8-6-16(12-18(20)21)25(35)31-24-19-13-17(29)7-9-22(19)38-15-27(24,3)36/h6-9,12-13,20,24-25,31,35-36H,4-5,10-11,14-15H2,1-3H3,(H2,30,32)/t20-,24-,25?,27-/m1/s1. The van der Waals surface area contributed by atoms with Crippen molar-refractivity contribution in [1.82, 2.24) is 15.5 Å². The molecule has 10 heteroatoms. The highest BCUT2D eigenvalue weighted by Gasteiger charge is 2.44. The summed E-state index contributed by atoms with van der Waals surface area (Å²) in [6, 6.07) is 9.49. The van der Waals surface area contributed by atoms with Crippen LogP contribution >= 0.6 is 11.6 Å². The molecular weight excluding hydrogens is 508 g/mol. The summed E-state index contributed by atoms with van der Waals surface area (Å²) in [7, 11) is 0. The molecule has 0 spiro atoms. The van der Waals surface area contributed by atoms with Crippen molar-refractivity contribution in [2.24, 2.45) is 0 Å². The average Bonchev–Trinajstić information content (AvgIpc) is 2.89. The number of hydrogen-bond acceptors (Lipinski definition) is 7. The minimum atomic E-state index is -1.30. The Morgan fingerprint density at radius 1 is 1.18 bits per heavy atom. The molecule has 0 bridgehead atoms. The van der Waals surface area contributed by atoms with Crippen LogP contribution in [-0.4, -0.2) is 51.3 Å². The molecule has 0 saturated carbocycles. The molecule has 1 unspecified atom stereocenters. The summed E-state index contributed by atoms with van der Waals surface area (Å²) in [5.41, 5.74) is 0.230. The SMILES string of the molecule is CCC1(CC)CC(=O)N([C@@H]2CCOc3ccc(C(O)N[C@@H]4c5cc(Cl)ccc5OC[C@@]4(C)O)cc32)C(=N)N1. The number of benzene rings is 2. The van der Waals surface area contributed by atoms with Crippen LogP contribution in [0.2, 0.25) is 5.02 Å². The first kappa shape index (κ1) is 26.7. The van der Waals surface area contributed by atoms with E-state index in [9.17, 15) is 15.0 Å². The highest BCUT2D eigenvalue weighted by Crippen LogP contribution is 2.42. The van der Waals surface area contributed by atoms with E-state index < -0.39 is 29.5 Å². The molecule has 204 valence electrons. The van der Waals surface area contributed by atoms with Gasteiger partial charge in [0.25, 0.3) is 0 Å². The lowest BCUT2D eigenvalue weighted by atomic mass is 9.85. The molecule has 3 heterocycles. The first-order chi connectivity index (χ1) is 18.1. The Hall–Kier alpha value is -2.85. The van der Waals surface area contributed by atoms with Crippen LogP contribution in [0.5, 0.6) is 11.5 Å². The molecule has 5 rings (SSSR count).